The van der Waals surface area contributed by atoms with Crippen molar-refractivity contribution in [1.82, 2.24) is 4.90 Å². The SMILES string of the molecule is Cc1ccc(N(C)S(=O)(=O)c2cccc(C(=O)Nc3ccc(OCC(=O)N(C)C)cc3)c2)cc1. The van der Waals surface area contributed by atoms with Crippen molar-refractivity contribution in [2.24, 2.45) is 0 Å². The van der Waals surface area contributed by atoms with Gasteiger partial charge in [-0.2, -0.15) is 0 Å². The van der Waals surface area contributed by atoms with Gasteiger partial charge in [-0.3, -0.25) is 13.9 Å². The predicted molar refractivity (Wildman–Crippen MR) is 132 cm³/mol. The number of hydrogen-bond acceptors (Lipinski definition) is 5. The van der Waals surface area contributed by atoms with E-state index < -0.39 is 15.9 Å². The quantitative estimate of drug-likeness (QED) is 0.531. The van der Waals surface area contributed by atoms with Gasteiger partial charge in [0.1, 0.15) is 5.75 Å². The van der Waals surface area contributed by atoms with Crippen LogP contribution in [-0.4, -0.2) is 52.9 Å². The van der Waals surface area contributed by atoms with Crippen LogP contribution in [0.25, 0.3) is 0 Å². The Morgan fingerprint density at radius 2 is 1.56 bits per heavy atom. The van der Waals surface area contributed by atoms with E-state index in [0.29, 0.717) is 17.1 Å². The minimum Gasteiger partial charge on any atom is -0.484 e. The molecular formula is C25H27N3O5S. The zero-order valence-corrected chi connectivity index (χ0v) is 20.3. The van der Waals surface area contributed by atoms with E-state index >= 15 is 0 Å². The molecule has 178 valence electrons. The molecule has 0 spiro atoms. The van der Waals surface area contributed by atoms with Crippen LogP contribution in [0.1, 0.15) is 15.9 Å². The summed E-state index contributed by atoms with van der Waals surface area (Å²) < 4.78 is 32.8. The van der Waals surface area contributed by atoms with Gasteiger partial charge in [-0.15, -0.1) is 0 Å². The van der Waals surface area contributed by atoms with E-state index in [0.717, 1.165) is 5.56 Å². The zero-order chi connectivity index (χ0) is 24.9. The minimum atomic E-state index is -3.85. The zero-order valence-electron chi connectivity index (χ0n) is 19.5. The molecule has 3 aromatic rings. The molecule has 8 nitrogen and oxygen atoms in total. The van der Waals surface area contributed by atoms with Gasteiger partial charge in [-0.05, 0) is 61.5 Å². The molecule has 0 aliphatic carbocycles. The first-order valence-corrected chi connectivity index (χ1v) is 11.9. The maximum absolute atomic E-state index is 13.1. The fourth-order valence-corrected chi connectivity index (χ4v) is 4.20. The van der Waals surface area contributed by atoms with Crippen LogP contribution in [-0.2, 0) is 14.8 Å². The average molecular weight is 482 g/mol. The lowest BCUT2D eigenvalue weighted by molar-refractivity contribution is -0.130. The van der Waals surface area contributed by atoms with Crippen molar-refractivity contribution in [3.8, 4) is 5.75 Å². The van der Waals surface area contributed by atoms with Crippen LogP contribution in [0.15, 0.2) is 77.7 Å². The summed E-state index contributed by atoms with van der Waals surface area (Å²) in [4.78, 5) is 25.8. The number of aryl methyl sites for hydroxylation is 1. The first-order chi connectivity index (χ1) is 16.1. The Morgan fingerprint density at radius 1 is 0.912 bits per heavy atom. The van der Waals surface area contributed by atoms with Gasteiger partial charge in [-0.25, -0.2) is 8.42 Å². The smallest absolute Gasteiger partial charge is 0.264 e. The second-order valence-corrected chi connectivity index (χ2v) is 9.86. The normalized spacial score (nSPS) is 10.9. The number of ether oxygens (including phenoxy) is 1. The number of anilines is 2. The van der Waals surface area contributed by atoms with Crippen LogP contribution < -0.4 is 14.4 Å². The van der Waals surface area contributed by atoms with E-state index in [2.05, 4.69) is 5.32 Å². The van der Waals surface area contributed by atoms with Gasteiger partial charge in [0, 0.05) is 32.4 Å². The summed E-state index contributed by atoms with van der Waals surface area (Å²) >= 11 is 0. The minimum absolute atomic E-state index is 0.0116. The molecule has 1 N–H and O–H groups in total. The standard InChI is InChI=1S/C25H27N3O5S/c1-18-8-12-21(13-9-18)28(4)34(31,32)23-7-5-6-19(16-23)25(30)26-20-10-14-22(15-11-20)33-17-24(29)27(2)3/h5-16H,17H2,1-4H3,(H,26,30). The highest BCUT2D eigenvalue weighted by Crippen LogP contribution is 2.23. The maximum atomic E-state index is 13.1. The number of amides is 2. The van der Waals surface area contributed by atoms with E-state index in [1.165, 1.54) is 34.5 Å². The number of rotatable bonds is 8. The van der Waals surface area contributed by atoms with Gasteiger partial charge in [-0.1, -0.05) is 23.8 Å². The van der Waals surface area contributed by atoms with Crippen molar-refractivity contribution >= 4 is 33.2 Å². The molecule has 0 atom stereocenters. The number of carbonyl (C=O) groups excluding carboxylic acids is 2. The Bertz CT molecular complexity index is 1270. The Morgan fingerprint density at radius 3 is 2.18 bits per heavy atom. The van der Waals surface area contributed by atoms with E-state index in [1.807, 2.05) is 19.1 Å². The maximum Gasteiger partial charge on any atom is 0.264 e. The predicted octanol–water partition coefficient (Wildman–Crippen LogP) is 3.54. The molecule has 9 heteroatoms. The van der Waals surface area contributed by atoms with Gasteiger partial charge in [0.2, 0.25) is 0 Å². The van der Waals surface area contributed by atoms with E-state index in [9.17, 15) is 18.0 Å². The largest absolute Gasteiger partial charge is 0.484 e. The lowest BCUT2D eigenvalue weighted by Gasteiger charge is -2.20. The molecule has 0 saturated heterocycles. The molecule has 0 unspecified atom stereocenters. The Hall–Kier alpha value is -3.85. The summed E-state index contributed by atoms with van der Waals surface area (Å²) in [6, 6.07) is 19.6. The van der Waals surface area contributed by atoms with Crippen molar-refractivity contribution < 1.29 is 22.7 Å². The molecule has 0 aliphatic heterocycles. The lowest BCUT2D eigenvalue weighted by atomic mass is 10.2. The Kier molecular flexibility index (Phi) is 7.57. The van der Waals surface area contributed by atoms with Crippen molar-refractivity contribution in [2.75, 3.05) is 37.4 Å². The fraction of sp³-hybridized carbons (Fsp3) is 0.200. The summed E-state index contributed by atoms with van der Waals surface area (Å²) in [6.45, 7) is 1.84. The highest BCUT2D eigenvalue weighted by Gasteiger charge is 2.22. The summed E-state index contributed by atoms with van der Waals surface area (Å²) in [5, 5.41) is 2.74. The highest BCUT2D eigenvalue weighted by molar-refractivity contribution is 7.92. The van der Waals surface area contributed by atoms with E-state index in [-0.39, 0.29) is 23.0 Å². The third kappa shape index (κ3) is 5.93. The van der Waals surface area contributed by atoms with Crippen LogP contribution in [0.5, 0.6) is 5.75 Å². The Labute approximate surface area is 199 Å². The third-order valence-electron chi connectivity index (χ3n) is 5.13. The molecular weight excluding hydrogens is 454 g/mol. The summed E-state index contributed by atoms with van der Waals surface area (Å²) in [7, 11) is 0.909. The molecule has 0 aromatic heterocycles. The van der Waals surface area contributed by atoms with Crippen LogP contribution in [0.3, 0.4) is 0 Å². The molecule has 0 radical (unpaired) electrons. The number of likely N-dealkylation sites (N-methyl/N-ethyl adjacent to an activating group) is 1. The monoisotopic (exact) mass is 481 g/mol. The first-order valence-electron chi connectivity index (χ1n) is 10.5. The molecule has 0 aliphatic rings. The van der Waals surface area contributed by atoms with Crippen molar-refractivity contribution in [2.45, 2.75) is 11.8 Å². The van der Waals surface area contributed by atoms with Gasteiger partial charge in [0.25, 0.3) is 21.8 Å². The van der Waals surface area contributed by atoms with Crippen molar-refractivity contribution in [3.05, 3.63) is 83.9 Å². The number of nitrogens with zero attached hydrogens (tertiary/aromatic N) is 2. The molecule has 0 heterocycles. The summed E-state index contributed by atoms with van der Waals surface area (Å²) in [5.41, 5.74) is 2.25. The average Bonchev–Trinajstić information content (AvgIpc) is 2.83. The molecule has 0 bridgehead atoms. The first kappa shape index (κ1) is 24.8. The second kappa shape index (κ2) is 10.4. The third-order valence-corrected chi connectivity index (χ3v) is 6.91. The number of carbonyl (C=O) groups is 2. The molecule has 34 heavy (non-hydrogen) atoms. The molecule has 0 saturated carbocycles. The number of hydrogen-bond donors (Lipinski definition) is 1. The molecule has 3 rings (SSSR count). The van der Waals surface area contributed by atoms with Crippen LogP contribution >= 0.6 is 0 Å². The second-order valence-electron chi connectivity index (χ2n) is 7.89. The van der Waals surface area contributed by atoms with Crippen LogP contribution in [0.2, 0.25) is 0 Å². The van der Waals surface area contributed by atoms with Crippen molar-refractivity contribution in [3.63, 3.8) is 0 Å². The summed E-state index contributed by atoms with van der Waals surface area (Å²) in [6.07, 6.45) is 0. The van der Waals surface area contributed by atoms with E-state index in [4.69, 9.17) is 4.74 Å². The Balaban J connectivity index is 1.71. The number of nitrogens with one attached hydrogen (secondary N) is 1. The van der Waals surface area contributed by atoms with Gasteiger partial charge >= 0.3 is 0 Å². The number of benzene rings is 3. The van der Waals surface area contributed by atoms with Crippen LogP contribution in [0.4, 0.5) is 11.4 Å². The topological polar surface area (TPSA) is 96.0 Å². The fourth-order valence-electron chi connectivity index (χ4n) is 2.96. The highest BCUT2D eigenvalue weighted by atomic mass is 32.2. The summed E-state index contributed by atoms with van der Waals surface area (Å²) in [5.74, 6) is -0.132. The van der Waals surface area contributed by atoms with Gasteiger partial charge in [0.15, 0.2) is 6.61 Å². The molecule has 0 fully saturated rings. The molecule has 3 aromatic carbocycles. The van der Waals surface area contributed by atoms with Crippen LogP contribution in [0, 0.1) is 6.92 Å². The number of sulfonamides is 1. The molecule has 2 amide bonds. The van der Waals surface area contributed by atoms with Gasteiger partial charge < -0.3 is 15.0 Å². The van der Waals surface area contributed by atoms with E-state index in [1.54, 1.807) is 56.6 Å². The lowest BCUT2D eigenvalue weighted by Crippen LogP contribution is -2.27. The van der Waals surface area contributed by atoms with Crippen molar-refractivity contribution in [1.29, 1.82) is 0 Å². The van der Waals surface area contributed by atoms with Gasteiger partial charge in [0.05, 0.1) is 10.6 Å².